The van der Waals surface area contributed by atoms with Crippen molar-refractivity contribution in [1.29, 1.82) is 0 Å². The summed E-state index contributed by atoms with van der Waals surface area (Å²) in [4.78, 5) is 28.9. The molecule has 0 aliphatic carbocycles. The van der Waals surface area contributed by atoms with Gasteiger partial charge in [-0.05, 0) is 36.1 Å². The Kier molecular flexibility index (Phi) is 5.10. The Morgan fingerprint density at radius 3 is 2.55 bits per heavy atom. The van der Waals surface area contributed by atoms with Crippen molar-refractivity contribution in [1.82, 2.24) is 9.58 Å². The minimum Gasteiger partial charge on any atom is -0.318 e. The Labute approximate surface area is 186 Å². The summed E-state index contributed by atoms with van der Waals surface area (Å²) in [5, 5.41) is 2.24. The molecule has 31 heavy (non-hydrogen) atoms. The zero-order valence-corrected chi connectivity index (χ0v) is 18.6. The molecule has 158 valence electrons. The zero-order valence-electron chi connectivity index (χ0n) is 17.7. The van der Waals surface area contributed by atoms with Crippen molar-refractivity contribution in [3.8, 4) is 0 Å². The van der Waals surface area contributed by atoms with Gasteiger partial charge in [-0.15, -0.1) is 11.8 Å². The SMILES string of the molecule is CCCN1CN(C2c3ccccc3CSc3ccccc32)n2ccc(=O)c(C)c2C1=O. The Bertz CT molecular complexity index is 1170. The molecule has 5 nitrogen and oxygen atoms in total. The van der Waals surface area contributed by atoms with Crippen LogP contribution in [0.25, 0.3) is 0 Å². The second-order valence-corrected chi connectivity index (χ2v) is 9.09. The predicted molar refractivity (Wildman–Crippen MR) is 124 cm³/mol. The van der Waals surface area contributed by atoms with Crippen molar-refractivity contribution in [3.05, 3.63) is 99.0 Å². The molecule has 3 aromatic rings. The van der Waals surface area contributed by atoms with E-state index >= 15 is 0 Å². The number of hydrogen-bond acceptors (Lipinski definition) is 4. The van der Waals surface area contributed by atoms with Crippen molar-refractivity contribution >= 4 is 17.7 Å². The topological polar surface area (TPSA) is 45.5 Å². The van der Waals surface area contributed by atoms with Crippen molar-refractivity contribution in [3.63, 3.8) is 0 Å². The lowest BCUT2D eigenvalue weighted by molar-refractivity contribution is 0.0683. The van der Waals surface area contributed by atoms with Crippen LogP contribution in [0.5, 0.6) is 0 Å². The van der Waals surface area contributed by atoms with Gasteiger partial charge in [-0.2, -0.15) is 0 Å². The first-order valence-electron chi connectivity index (χ1n) is 10.7. The number of rotatable bonds is 3. The fourth-order valence-electron chi connectivity index (χ4n) is 4.62. The maximum atomic E-state index is 13.3. The first-order chi connectivity index (χ1) is 15.1. The van der Waals surface area contributed by atoms with Crippen LogP contribution in [0.1, 0.15) is 52.1 Å². The van der Waals surface area contributed by atoms with E-state index in [0.717, 1.165) is 12.2 Å². The van der Waals surface area contributed by atoms with Crippen molar-refractivity contribution < 1.29 is 4.79 Å². The molecule has 6 heteroatoms. The summed E-state index contributed by atoms with van der Waals surface area (Å²) in [6.07, 6.45) is 2.62. The van der Waals surface area contributed by atoms with E-state index in [-0.39, 0.29) is 17.4 Å². The van der Waals surface area contributed by atoms with Gasteiger partial charge in [0, 0.05) is 35.0 Å². The summed E-state index contributed by atoms with van der Waals surface area (Å²) < 4.78 is 1.92. The third-order valence-electron chi connectivity index (χ3n) is 6.14. The third-order valence-corrected chi connectivity index (χ3v) is 7.28. The number of hydrogen-bond donors (Lipinski definition) is 0. The summed E-state index contributed by atoms with van der Waals surface area (Å²) in [5.41, 5.74) is 4.64. The van der Waals surface area contributed by atoms with E-state index in [1.54, 1.807) is 19.2 Å². The van der Waals surface area contributed by atoms with Gasteiger partial charge >= 0.3 is 0 Å². The van der Waals surface area contributed by atoms with Crippen molar-refractivity contribution in [2.24, 2.45) is 0 Å². The number of pyridine rings is 1. The van der Waals surface area contributed by atoms with Gasteiger partial charge < -0.3 is 4.90 Å². The number of aromatic nitrogens is 1. The normalized spacial score (nSPS) is 17.6. The van der Waals surface area contributed by atoms with Crippen LogP contribution in [0.15, 0.2) is 70.5 Å². The fourth-order valence-corrected chi connectivity index (χ4v) is 5.71. The molecule has 1 atom stereocenters. The van der Waals surface area contributed by atoms with E-state index in [1.807, 2.05) is 21.3 Å². The van der Waals surface area contributed by atoms with Crippen LogP contribution >= 0.6 is 11.8 Å². The number of carbonyl (C=O) groups is 1. The lowest BCUT2D eigenvalue weighted by Crippen LogP contribution is -2.56. The number of benzene rings is 2. The van der Waals surface area contributed by atoms with Gasteiger partial charge in [-0.25, -0.2) is 0 Å². The monoisotopic (exact) mass is 431 g/mol. The molecule has 0 fully saturated rings. The minimum atomic E-state index is -0.102. The second kappa shape index (κ2) is 7.93. The molecule has 1 aromatic heterocycles. The highest BCUT2D eigenvalue weighted by atomic mass is 32.2. The maximum absolute atomic E-state index is 13.3. The summed E-state index contributed by atoms with van der Waals surface area (Å²) in [6, 6.07) is 18.6. The molecule has 5 rings (SSSR count). The van der Waals surface area contributed by atoms with Crippen LogP contribution in [0.3, 0.4) is 0 Å². The van der Waals surface area contributed by atoms with E-state index in [1.165, 1.54) is 21.6 Å². The molecular weight excluding hydrogens is 406 g/mol. The summed E-state index contributed by atoms with van der Waals surface area (Å²) in [5.74, 6) is 0.836. The molecule has 2 aliphatic rings. The molecule has 1 unspecified atom stereocenters. The van der Waals surface area contributed by atoms with Gasteiger partial charge in [0.1, 0.15) is 12.4 Å². The molecule has 1 amide bonds. The first kappa shape index (κ1) is 19.9. The molecule has 0 radical (unpaired) electrons. The average molecular weight is 432 g/mol. The number of carbonyl (C=O) groups excluding carboxylic acids is 1. The lowest BCUT2D eigenvalue weighted by atomic mass is 9.94. The van der Waals surface area contributed by atoms with E-state index in [2.05, 4.69) is 60.5 Å². The summed E-state index contributed by atoms with van der Waals surface area (Å²) in [6.45, 7) is 4.96. The van der Waals surface area contributed by atoms with E-state index in [9.17, 15) is 9.59 Å². The van der Waals surface area contributed by atoms with Crippen LogP contribution in [0, 0.1) is 6.92 Å². The molecular formula is C25H25N3O2S. The average Bonchev–Trinajstić information content (AvgIpc) is 2.95. The highest BCUT2D eigenvalue weighted by Gasteiger charge is 2.37. The molecule has 2 aliphatic heterocycles. The summed E-state index contributed by atoms with van der Waals surface area (Å²) >= 11 is 1.85. The molecule has 3 heterocycles. The van der Waals surface area contributed by atoms with Gasteiger partial charge in [0.15, 0.2) is 5.43 Å². The van der Waals surface area contributed by atoms with E-state index in [4.69, 9.17) is 0 Å². The maximum Gasteiger partial charge on any atom is 0.274 e. The Balaban J connectivity index is 1.77. The van der Waals surface area contributed by atoms with Crippen molar-refractivity contribution in [2.45, 2.75) is 37.0 Å². The Hall–Kier alpha value is -2.99. The fraction of sp³-hybridized carbons (Fsp3) is 0.280. The molecule has 2 aromatic carbocycles. The Morgan fingerprint density at radius 2 is 1.74 bits per heavy atom. The molecule has 0 spiro atoms. The highest BCUT2D eigenvalue weighted by Crippen LogP contribution is 2.42. The third kappa shape index (κ3) is 3.26. The second-order valence-electron chi connectivity index (χ2n) is 8.08. The number of thioether (sulfide) groups is 1. The first-order valence-corrected chi connectivity index (χ1v) is 11.7. The van der Waals surface area contributed by atoms with Crippen LogP contribution in [0.4, 0.5) is 0 Å². The van der Waals surface area contributed by atoms with Gasteiger partial charge in [-0.1, -0.05) is 49.4 Å². The van der Waals surface area contributed by atoms with Gasteiger partial charge in [-0.3, -0.25) is 19.3 Å². The van der Waals surface area contributed by atoms with Crippen molar-refractivity contribution in [2.75, 3.05) is 18.2 Å². The van der Waals surface area contributed by atoms with Crippen LogP contribution in [0.2, 0.25) is 0 Å². The zero-order chi connectivity index (χ0) is 21.5. The number of fused-ring (bicyclic) bond motifs is 3. The van der Waals surface area contributed by atoms with Gasteiger partial charge in [0.2, 0.25) is 0 Å². The smallest absolute Gasteiger partial charge is 0.274 e. The van der Waals surface area contributed by atoms with Crippen LogP contribution in [-0.4, -0.2) is 28.7 Å². The summed E-state index contributed by atoms with van der Waals surface area (Å²) in [7, 11) is 0. The van der Waals surface area contributed by atoms with Crippen LogP contribution in [-0.2, 0) is 5.75 Å². The largest absolute Gasteiger partial charge is 0.318 e. The molecule has 0 bridgehead atoms. The van der Waals surface area contributed by atoms with Gasteiger partial charge in [0.25, 0.3) is 5.91 Å². The van der Waals surface area contributed by atoms with Crippen LogP contribution < -0.4 is 10.4 Å². The number of nitrogens with zero attached hydrogens (tertiary/aromatic N) is 3. The minimum absolute atomic E-state index is 0.0597. The molecule has 0 N–H and O–H groups in total. The van der Waals surface area contributed by atoms with Gasteiger partial charge in [0.05, 0.1) is 6.04 Å². The lowest BCUT2D eigenvalue weighted by Gasteiger charge is -2.44. The molecule has 0 saturated heterocycles. The standard InChI is InChI=1S/C25H25N3O2S/c1-3-13-26-16-28(27-14-12-21(29)17(2)23(27)25(26)30)24-19-9-5-4-8-18(19)15-31-22-11-7-6-10-20(22)24/h4-12,14,24H,3,13,15-16H2,1-2H3. The van der Waals surface area contributed by atoms with E-state index < -0.39 is 0 Å². The predicted octanol–water partition coefficient (Wildman–Crippen LogP) is 4.31. The quantitative estimate of drug-likeness (QED) is 0.620. The highest BCUT2D eigenvalue weighted by molar-refractivity contribution is 7.98. The number of amides is 1. The molecule has 0 saturated carbocycles. The Morgan fingerprint density at radius 1 is 1.00 bits per heavy atom. The van der Waals surface area contributed by atoms with E-state index in [0.29, 0.717) is 24.5 Å².